The van der Waals surface area contributed by atoms with E-state index >= 15 is 0 Å². The van der Waals surface area contributed by atoms with Crippen molar-refractivity contribution in [3.8, 4) is 0 Å². The van der Waals surface area contributed by atoms with Gasteiger partial charge in [0.05, 0.1) is 0 Å². The summed E-state index contributed by atoms with van der Waals surface area (Å²) in [4.78, 5) is 13.4. The van der Waals surface area contributed by atoms with Gasteiger partial charge in [-0.05, 0) is 0 Å². The van der Waals surface area contributed by atoms with Gasteiger partial charge in [-0.1, -0.05) is 18.2 Å². The van der Waals surface area contributed by atoms with Gasteiger partial charge in [0, 0.05) is 0 Å². The van der Waals surface area contributed by atoms with E-state index in [1.807, 2.05) is 6.21 Å². The van der Waals surface area contributed by atoms with Gasteiger partial charge >= 0.3 is 22.4 Å². The second-order valence-electron chi connectivity index (χ2n) is 1.91. The van der Waals surface area contributed by atoms with E-state index in [1.54, 1.807) is 30.3 Å². The number of benzene rings is 1. The van der Waals surface area contributed by atoms with Gasteiger partial charge in [-0.15, -0.1) is 17.7 Å². The minimum atomic E-state index is -0.423. The first-order valence-electron chi connectivity index (χ1n) is 3.04. The topological polar surface area (TPSA) is 53.5 Å². The van der Waals surface area contributed by atoms with Crippen molar-refractivity contribution in [2.75, 3.05) is 0 Å². The molecule has 0 spiro atoms. The van der Waals surface area contributed by atoms with Crippen molar-refractivity contribution in [3.63, 3.8) is 0 Å². The average molecular weight is 253 g/mol. The first kappa shape index (κ1) is 11.0. The molecule has 0 atom stereocenters. The van der Waals surface area contributed by atoms with Gasteiger partial charge in [0.2, 0.25) is 6.21 Å². The molecular weight excluding hydrogens is 248 g/mol. The largest absolute Gasteiger partial charge is 1.00 e. The maximum atomic E-state index is 10.9. The van der Waals surface area contributed by atoms with E-state index in [9.17, 15) is 4.79 Å². The Morgan fingerprint density at radius 2 is 1.92 bits per heavy atom. The first-order chi connectivity index (χ1) is 5.34. The number of ketones is 1. The van der Waals surface area contributed by atoms with Crippen molar-refractivity contribution < 1.29 is 32.0 Å². The van der Waals surface area contributed by atoms with E-state index in [0.29, 0.717) is 5.56 Å². The molecule has 1 rings (SSSR count). The summed E-state index contributed by atoms with van der Waals surface area (Å²) >= 11 is 0. The molecule has 0 saturated heterocycles. The number of nitrogens with zero attached hydrogens (tertiary/aromatic N) is 2. The predicted octanol–water partition coefficient (Wildman–Crippen LogP) is 1.04. The summed E-state index contributed by atoms with van der Waals surface area (Å²) in [5.74, 6) is -0.423. The summed E-state index contributed by atoms with van der Waals surface area (Å²) in [5, 5.41) is 0. The SMILES string of the molecule is [Ag+].[N-]=[N+]=[C-]C(=O)c1ccccc1. The maximum Gasteiger partial charge on any atom is 1.00 e. The fraction of sp³-hybridized carbons (Fsp3) is 0. The van der Waals surface area contributed by atoms with Crippen LogP contribution < -0.4 is 0 Å². The molecule has 0 aliphatic heterocycles. The summed E-state index contributed by atoms with van der Waals surface area (Å²) in [7, 11) is 0. The minimum absolute atomic E-state index is 0. The Morgan fingerprint density at radius 3 is 2.42 bits per heavy atom. The van der Waals surface area contributed by atoms with Crippen molar-refractivity contribution in [2.24, 2.45) is 0 Å². The minimum Gasteiger partial charge on any atom is -0.385 e. The number of carbonyl (C=O) groups is 1. The molecule has 0 unspecified atom stereocenters. The number of hydrogen-bond acceptors (Lipinski definition) is 1. The third-order valence-electron chi connectivity index (χ3n) is 1.19. The number of hydrogen-bond donors (Lipinski definition) is 0. The second kappa shape index (κ2) is 5.63. The van der Waals surface area contributed by atoms with E-state index in [1.165, 1.54) is 0 Å². The van der Waals surface area contributed by atoms with Gasteiger partial charge in [-0.25, -0.2) is 0 Å². The maximum absolute atomic E-state index is 10.9. The molecule has 0 amide bonds. The van der Waals surface area contributed by atoms with Crippen LogP contribution >= 0.6 is 0 Å². The molecule has 64 valence electrons. The smallest absolute Gasteiger partial charge is 0.385 e. The van der Waals surface area contributed by atoms with Gasteiger partial charge in [0.1, 0.15) is 5.78 Å². The van der Waals surface area contributed by atoms with E-state index in [0.717, 1.165) is 0 Å². The fourth-order valence-electron chi connectivity index (χ4n) is 0.699. The van der Waals surface area contributed by atoms with Gasteiger partial charge in [0.25, 0.3) is 0 Å². The number of carbonyl (C=O) groups excluding carboxylic acids is 1. The molecular formula is C8H5AgN2O. The zero-order valence-corrected chi connectivity index (χ0v) is 7.47. The van der Waals surface area contributed by atoms with Crippen molar-refractivity contribution >= 4 is 12.0 Å². The molecule has 12 heavy (non-hydrogen) atoms. The Hall–Kier alpha value is -0.990. The number of Topliss-reactive ketones (excluding diaryl/α,β-unsaturated/α-hetero) is 1. The fourth-order valence-corrected chi connectivity index (χ4v) is 0.699. The van der Waals surface area contributed by atoms with E-state index in [-0.39, 0.29) is 22.4 Å². The molecule has 0 fully saturated rings. The van der Waals surface area contributed by atoms with Crippen molar-refractivity contribution in [1.29, 1.82) is 0 Å². The summed E-state index contributed by atoms with van der Waals surface area (Å²) in [6.07, 6.45) is 1.90. The van der Waals surface area contributed by atoms with Crippen LogP contribution in [0, 0.1) is 0 Å². The third kappa shape index (κ3) is 2.95. The standard InChI is InChI=1S/C8H5N2O.Ag/c9-10-6-8(11)7-4-2-1-3-5-7;/h1-5H;/q-1;+1. The predicted molar refractivity (Wildman–Crippen MR) is 39.4 cm³/mol. The van der Waals surface area contributed by atoms with Crippen LogP contribution in [0.3, 0.4) is 0 Å². The zero-order valence-electron chi connectivity index (χ0n) is 5.99. The van der Waals surface area contributed by atoms with Gasteiger partial charge in [-0.2, -0.15) is 0 Å². The average Bonchev–Trinajstić information content (AvgIpc) is 2.07. The van der Waals surface area contributed by atoms with E-state index in [2.05, 4.69) is 4.79 Å². The summed E-state index contributed by atoms with van der Waals surface area (Å²) < 4.78 is 0. The molecule has 4 heteroatoms. The van der Waals surface area contributed by atoms with E-state index in [4.69, 9.17) is 5.53 Å². The van der Waals surface area contributed by atoms with E-state index < -0.39 is 5.78 Å². The molecule has 0 aliphatic rings. The molecule has 1 aromatic carbocycles. The monoisotopic (exact) mass is 252 g/mol. The van der Waals surface area contributed by atoms with Gasteiger partial charge in [-0.3, -0.25) is 4.79 Å². The van der Waals surface area contributed by atoms with Crippen LogP contribution in [0.15, 0.2) is 30.3 Å². The van der Waals surface area contributed by atoms with Crippen LogP contribution in [0.2, 0.25) is 0 Å². The molecule has 0 radical (unpaired) electrons. The van der Waals surface area contributed by atoms with Crippen molar-refractivity contribution in [3.05, 3.63) is 41.4 Å². The van der Waals surface area contributed by atoms with Gasteiger partial charge < -0.3 is 10.3 Å². The first-order valence-corrected chi connectivity index (χ1v) is 3.04. The molecule has 1 aromatic rings. The van der Waals surface area contributed by atoms with Crippen LogP contribution in [-0.4, -0.2) is 16.8 Å². The van der Waals surface area contributed by atoms with Crippen molar-refractivity contribution in [1.82, 2.24) is 0 Å². The van der Waals surface area contributed by atoms with Crippen LogP contribution in [-0.2, 0) is 22.4 Å². The van der Waals surface area contributed by atoms with Crippen LogP contribution in [0.5, 0.6) is 0 Å². The zero-order chi connectivity index (χ0) is 8.10. The quantitative estimate of drug-likeness (QED) is 0.194. The molecule has 0 heterocycles. The second-order valence-corrected chi connectivity index (χ2v) is 1.91. The Kier molecular flexibility index (Phi) is 5.17. The van der Waals surface area contributed by atoms with Crippen LogP contribution in [0.1, 0.15) is 10.4 Å². The Balaban J connectivity index is 0.00000121. The summed E-state index contributed by atoms with van der Waals surface area (Å²) in [6.45, 7) is 0. The molecule has 3 nitrogen and oxygen atoms in total. The Morgan fingerprint density at radius 1 is 1.33 bits per heavy atom. The summed E-state index contributed by atoms with van der Waals surface area (Å²) in [5.41, 5.74) is 8.45. The molecule has 0 saturated carbocycles. The van der Waals surface area contributed by atoms with Crippen LogP contribution in [0.4, 0.5) is 0 Å². The van der Waals surface area contributed by atoms with Gasteiger partial charge in [0.15, 0.2) is 0 Å². The Labute approximate surface area is 85.5 Å². The third-order valence-corrected chi connectivity index (χ3v) is 1.19. The Bertz CT molecular complexity index is 304. The molecule has 0 aromatic heterocycles. The van der Waals surface area contributed by atoms with Crippen molar-refractivity contribution in [2.45, 2.75) is 0 Å². The molecule has 0 N–H and O–H groups in total. The molecule has 0 bridgehead atoms. The normalized spacial score (nSPS) is 7.67. The molecule has 0 aliphatic carbocycles. The number of rotatable bonds is 2. The van der Waals surface area contributed by atoms with Crippen LogP contribution in [0.25, 0.3) is 5.53 Å². The summed E-state index contributed by atoms with van der Waals surface area (Å²) in [6, 6.07) is 8.51.